The first-order valence-electron chi connectivity index (χ1n) is 7.87. The van der Waals surface area contributed by atoms with E-state index in [0.29, 0.717) is 22.9 Å². The molecule has 0 bridgehead atoms. The Hall–Kier alpha value is -2.26. The van der Waals surface area contributed by atoms with E-state index >= 15 is 0 Å². The fourth-order valence-electron chi connectivity index (χ4n) is 2.28. The largest absolute Gasteiger partial charge is 0.492 e. The minimum Gasteiger partial charge on any atom is -0.492 e. The summed E-state index contributed by atoms with van der Waals surface area (Å²) in [6, 6.07) is 10.9. The first-order valence-corrected chi connectivity index (χ1v) is 8.25. The van der Waals surface area contributed by atoms with Gasteiger partial charge in [0.2, 0.25) is 0 Å². The van der Waals surface area contributed by atoms with Crippen molar-refractivity contribution in [3.05, 3.63) is 63.7 Å². The molecule has 2 aromatic carbocycles. The lowest BCUT2D eigenvalue weighted by Gasteiger charge is -2.09. The van der Waals surface area contributed by atoms with Gasteiger partial charge in [-0.15, -0.1) is 0 Å². The number of carbonyl (C=O) groups is 1. The second-order valence-corrected chi connectivity index (χ2v) is 6.11. The molecule has 1 N–H and O–H groups in total. The van der Waals surface area contributed by atoms with E-state index in [4.69, 9.17) is 16.3 Å². The van der Waals surface area contributed by atoms with Gasteiger partial charge < -0.3 is 9.84 Å². The van der Waals surface area contributed by atoms with Crippen LogP contribution in [0.15, 0.2) is 36.4 Å². The molecule has 0 fully saturated rings. The van der Waals surface area contributed by atoms with Crippen LogP contribution in [0, 0.1) is 13.8 Å². The number of benzene rings is 2. The van der Waals surface area contributed by atoms with Crippen molar-refractivity contribution in [2.45, 2.75) is 27.2 Å². The van der Waals surface area contributed by atoms with Crippen molar-refractivity contribution in [1.29, 1.82) is 0 Å². The Morgan fingerprint density at radius 1 is 1.17 bits per heavy atom. The van der Waals surface area contributed by atoms with Gasteiger partial charge >= 0.3 is 5.97 Å². The molecule has 0 aromatic heterocycles. The monoisotopic (exact) mass is 344 g/mol. The molecule has 2 rings (SSSR count). The highest BCUT2D eigenvalue weighted by molar-refractivity contribution is 6.32. The summed E-state index contributed by atoms with van der Waals surface area (Å²) in [6.45, 7) is 6.58. The minimum atomic E-state index is -0.972. The molecule has 0 aliphatic carbocycles. The number of aliphatic carboxylic acids is 1. The summed E-state index contributed by atoms with van der Waals surface area (Å²) in [4.78, 5) is 11.7. The highest BCUT2D eigenvalue weighted by Gasteiger charge is 2.12. The van der Waals surface area contributed by atoms with Gasteiger partial charge in [-0.2, -0.15) is 0 Å². The van der Waals surface area contributed by atoms with E-state index in [1.807, 2.05) is 39.0 Å². The third kappa shape index (κ3) is 4.39. The van der Waals surface area contributed by atoms with Crippen molar-refractivity contribution in [3.8, 4) is 5.75 Å². The van der Waals surface area contributed by atoms with Gasteiger partial charge in [0.15, 0.2) is 0 Å². The molecular formula is C20H21ClO3. The summed E-state index contributed by atoms with van der Waals surface area (Å²) in [7, 11) is 0. The molecule has 2 aromatic rings. The normalized spacial score (nSPS) is 11.4. The smallest absolute Gasteiger partial charge is 0.336 e. The summed E-state index contributed by atoms with van der Waals surface area (Å²) in [5.41, 5.74) is 3.81. The first kappa shape index (κ1) is 18.1. The summed E-state index contributed by atoms with van der Waals surface area (Å²) in [6.07, 6.45) is 2.52. The SMILES string of the molecule is CCCOc1ccc(/C=C(\C(=O)O)c2ccc(C)c(C)c2)cc1Cl. The van der Waals surface area contributed by atoms with Crippen LogP contribution in [0.3, 0.4) is 0 Å². The summed E-state index contributed by atoms with van der Waals surface area (Å²) < 4.78 is 5.54. The topological polar surface area (TPSA) is 46.5 Å². The third-order valence-electron chi connectivity index (χ3n) is 3.78. The number of carboxylic acids is 1. The molecule has 24 heavy (non-hydrogen) atoms. The Bertz CT molecular complexity index is 778. The number of hydrogen-bond acceptors (Lipinski definition) is 2. The summed E-state index contributed by atoms with van der Waals surface area (Å²) in [5, 5.41) is 10.0. The lowest BCUT2D eigenvalue weighted by Crippen LogP contribution is -2.00. The van der Waals surface area contributed by atoms with Crippen LogP contribution in [-0.2, 0) is 4.79 Å². The predicted octanol–water partition coefficient (Wildman–Crippen LogP) is 5.37. The number of aryl methyl sites for hydroxylation is 2. The van der Waals surface area contributed by atoms with Crippen molar-refractivity contribution in [2.75, 3.05) is 6.61 Å². The average Bonchev–Trinajstić information content (AvgIpc) is 2.54. The maximum atomic E-state index is 11.7. The number of hydrogen-bond donors (Lipinski definition) is 1. The van der Waals surface area contributed by atoms with Crippen LogP contribution in [0.5, 0.6) is 5.75 Å². The van der Waals surface area contributed by atoms with Gasteiger partial charge in [0, 0.05) is 0 Å². The van der Waals surface area contributed by atoms with E-state index in [2.05, 4.69) is 0 Å². The lowest BCUT2D eigenvalue weighted by atomic mass is 9.98. The molecule has 0 aliphatic rings. The van der Waals surface area contributed by atoms with Crippen LogP contribution in [0.4, 0.5) is 0 Å². The Morgan fingerprint density at radius 3 is 2.50 bits per heavy atom. The van der Waals surface area contributed by atoms with Gasteiger partial charge in [-0.1, -0.05) is 42.8 Å². The fraction of sp³-hybridized carbons (Fsp3) is 0.250. The lowest BCUT2D eigenvalue weighted by molar-refractivity contribution is -0.130. The second kappa shape index (κ2) is 8.02. The van der Waals surface area contributed by atoms with Gasteiger partial charge in [0.1, 0.15) is 5.75 Å². The first-order chi connectivity index (χ1) is 11.4. The molecular weight excluding hydrogens is 324 g/mol. The molecule has 3 nitrogen and oxygen atoms in total. The Morgan fingerprint density at radius 2 is 1.92 bits per heavy atom. The molecule has 0 spiro atoms. The molecule has 0 atom stereocenters. The summed E-state index contributed by atoms with van der Waals surface area (Å²) in [5.74, 6) is -0.362. The van der Waals surface area contributed by atoms with Gasteiger partial charge in [-0.25, -0.2) is 4.79 Å². The van der Waals surface area contributed by atoms with Gasteiger partial charge in [0.05, 0.1) is 17.2 Å². The van der Waals surface area contributed by atoms with Crippen LogP contribution in [0.25, 0.3) is 11.6 Å². The zero-order valence-corrected chi connectivity index (χ0v) is 14.9. The van der Waals surface area contributed by atoms with Crippen LogP contribution in [0.1, 0.15) is 35.6 Å². The molecule has 0 amide bonds. The predicted molar refractivity (Wildman–Crippen MR) is 98.7 cm³/mol. The number of carboxylic acid groups (broad SMARTS) is 1. The standard InChI is InChI=1S/C20H21ClO3/c1-4-9-24-19-8-6-15(12-18(19)21)11-17(20(22)23)16-7-5-13(2)14(3)10-16/h5-8,10-12H,4,9H2,1-3H3,(H,22,23)/b17-11-. The van der Waals surface area contributed by atoms with Gasteiger partial charge in [-0.3, -0.25) is 0 Å². The molecule has 126 valence electrons. The molecule has 0 radical (unpaired) electrons. The van der Waals surface area contributed by atoms with E-state index in [1.54, 1.807) is 24.3 Å². The Balaban J connectivity index is 2.39. The summed E-state index contributed by atoms with van der Waals surface area (Å²) >= 11 is 6.22. The molecule has 0 unspecified atom stereocenters. The van der Waals surface area contributed by atoms with Crippen molar-refractivity contribution < 1.29 is 14.6 Å². The quantitative estimate of drug-likeness (QED) is 0.566. The third-order valence-corrected chi connectivity index (χ3v) is 4.07. The zero-order valence-electron chi connectivity index (χ0n) is 14.1. The van der Waals surface area contributed by atoms with Crippen LogP contribution >= 0.6 is 11.6 Å². The van der Waals surface area contributed by atoms with Crippen molar-refractivity contribution in [3.63, 3.8) is 0 Å². The molecule has 0 saturated heterocycles. The van der Waals surface area contributed by atoms with E-state index in [-0.39, 0.29) is 5.57 Å². The number of ether oxygens (including phenoxy) is 1. The molecule has 4 heteroatoms. The highest BCUT2D eigenvalue weighted by atomic mass is 35.5. The number of halogens is 1. The van der Waals surface area contributed by atoms with E-state index in [0.717, 1.165) is 23.1 Å². The maximum absolute atomic E-state index is 11.7. The highest BCUT2D eigenvalue weighted by Crippen LogP contribution is 2.28. The van der Waals surface area contributed by atoms with E-state index < -0.39 is 5.97 Å². The average molecular weight is 345 g/mol. The van der Waals surface area contributed by atoms with Gasteiger partial charge in [0.25, 0.3) is 0 Å². The zero-order chi connectivity index (χ0) is 17.7. The maximum Gasteiger partial charge on any atom is 0.336 e. The van der Waals surface area contributed by atoms with Crippen molar-refractivity contribution >= 4 is 29.2 Å². The van der Waals surface area contributed by atoms with Crippen LogP contribution < -0.4 is 4.74 Å². The molecule has 0 aliphatic heterocycles. The minimum absolute atomic E-state index is 0.233. The Labute approximate surface area is 147 Å². The number of rotatable bonds is 6. The fourth-order valence-corrected chi connectivity index (χ4v) is 2.52. The van der Waals surface area contributed by atoms with E-state index in [1.165, 1.54) is 0 Å². The van der Waals surface area contributed by atoms with Crippen LogP contribution in [0.2, 0.25) is 5.02 Å². The van der Waals surface area contributed by atoms with Crippen molar-refractivity contribution in [2.24, 2.45) is 0 Å². The molecule has 0 heterocycles. The second-order valence-electron chi connectivity index (χ2n) is 5.70. The van der Waals surface area contributed by atoms with Crippen molar-refractivity contribution in [1.82, 2.24) is 0 Å². The Kier molecular flexibility index (Phi) is 6.04. The van der Waals surface area contributed by atoms with Crippen LogP contribution in [-0.4, -0.2) is 17.7 Å². The van der Waals surface area contributed by atoms with Gasteiger partial charge in [-0.05, 0) is 60.7 Å². The molecule has 0 saturated carbocycles. The van der Waals surface area contributed by atoms with E-state index in [9.17, 15) is 9.90 Å².